The summed E-state index contributed by atoms with van der Waals surface area (Å²) in [6, 6.07) is 8.08. The maximum atomic E-state index is 12.7. The lowest BCUT2D eigenvalue weighted by Gasteiger charge is -2.02. The highest BCUT2D eigenvalue weighted by atomic mass is 19.1. The lowest BCUT2D eigenvalue weighted by molar-refractivity contribution is -0.107. The van der Waals surface area contributed by atoms with Crippen molar-refractivity contribution in [3.63, 3.8) is 0 Å². The minimum atomic E-state index is -0.263. The van der Waals surface area contributed by atoms with E-state index < -0.39 is 0 Å². The molecular formula is C13H10FNO. The number of carbonyl (C=O) groups excluding carboxylic acids is 1. The van der Waals surface area contributed by atoms with Crippen LogP contribution in [0.1, 0.15) is 5.56 Å². The van der Waals surface area contributed by atoms with E-state index >= 15 is 0 Å². The smallest absolute Gasteiger partial charge is 0.124 e. The third kappa shape index (κ3) is 2.31. The zero-order chi connectivity index (χ0) is 11.4. The van der Waals surface area contributed by atoms with Crippen LogP contribution < -0.4 is 0 Å². The van der Waals surface area contributed by atoms with Crippen molar-refractivity contribution in [3.8, 4) is 11.1 Å². The fourth-order valence-electron chi connectivity index (χ4n) is 1.50. The molecule has 3 heteroatoms. The van der Waals surface area contributed by atoms with Gasteiger partial charge in [-0.05, 0) is 29.3 Å². The molecule has 0 aliphatic carbocycles. The zero-order valence-electron chi connectivity index (χ0n) is 8.56. The van der Waals surface area contributed by atoms with Gasteiger partial charge in [-0.25, -0.2) is 4.39 Å². The molecule has 0 saturated carbocycles. The highest BCUT2D eigenvalue weighted by Gasteiger charge is 2.00. The van der Waals surface area contributed by atoms with Crippen molar-refractivity contribution >= 4 is 6.29 Å². The summed E-state index contributed by atoms with van der Waals surface area (Å²) in [5.41, 5.74) is 2.64. The molecule has 1 aromatic heterocycles. The molecule has 1 heterocycles. The largest absolute Gasteiger partial charge is 0.303 e. The number of hydrogen-bond acceptors (Lipinski definition) is 2. The van der Waals surface area contributed by atoms with Gasteiger partial charge in [0.25, 0.3) is 0 Å². The van der Waals surface area contributed by atoms with E-state index in [4.69, 9.17) is 0 Å². The second kappa shape index (κ2) is 4.66. The molecule has 0 saturated heterocycles. The number of aldehydes is 1. The minimum Gasteiger partial charge on any atom is -0.303 e. The molecule has 0 fully saturated rings. The second-order valence-electron chi connectivity index (χ2n) is 3.46. The Balaban J connectivity index is 2.36. The van der Waals surface area contributed by atoms with Crippen LogP contribution in [0.3, 0.4) is 0 Å². The summed E-state index contributed by atoms with van der Waals surface area (Å²) in [4.78, 5) is 14.4. The van der Waals surface area contributed by atoms with Gasteiger partial charge in [-0.2, -0.15) is 0 Å². The van der Waals surface area contributed by atoms with Crippen LogP contribution in [0.5, 0.6) is 0 Å². The van der Waals surface area contributed by atoms with Crippen molar-refractivity contribution in [2.75, 3.05) is 0 Å². The molecule has 0 amide bonds. The summed E-state index contributed by atoms with van der Waals surface area (Å²) in [6.07, 6.45) is 4.54. The lowest BCUT2D eigenvalue weighted by atomic mass is 10.1. The molecule has 2 rings (SSSR count). The Morgan fingerprint density at radius 1 is 1.12 bits per heavy atom. The van der Waals surface area contributed by atoms with Crippen LogP contribution in [-0.4, -0.2) is 11.3 Å². The molecule has 0 bridgehead atoms. The predicted molar refractivity (Wildman–Crippen MR) is 59.4 cm³/mol. The summed E-state index contributed by atoms with van der Waals surface area (Å²) in [6.45, 7) is 0. The Kier molecular flexibility index (Phi) is 3.05. The van der Waals surface area contributed by atoms with Gasteiger partial charge >= 0.3 is 0 Å². The standard InChI is InChI=1S/C13H10FNO/c14-13-3-1-11(2-4-13)12-7-10(5-6-16)8-15-9-12/h1-4,6-9H,5H2. The zero-order valence-corrected chi connectivity index (χ0v) is 8.56. The first kappa shape index (κ1) is 10.5. The molecule has 16 heavy (non-hydrogen) atoms. The Morgan fingerprint density at radius 3 is 2.56 bits per heavy atom. The van der Waals surface area contributed by atoms with E-state index in [-0.39, 0.29) is 5.82 Å². The van der Waals surface area contributed by atoms with Crippen LogP contribution >= 0.6 is 0 Å². The molecule has 0 aliphatic heterocycles. The first-order chi connectivity index (χ1) is 7.79. The van der Waals surface area contributed by atoms with E-state index in [0.717, 1.165) is 23.0 Å². The molecular weight excluding hydrogens is 205 g/mol. The van der Waals surface area contributed by atoms with Crippen LogP contribution in [0.25, 0.3) is 11.1 Å². The van der Waals surface area contributed by atoms with E-state index in [9.17, 15) is 9.18 Å². The maximum absolute atomic E-state index is 12.7. The van der Waals surface area contributed by atoms with Gasteiger partial charge in [0.1, 0.15) is 12.1 Å². The maximum Gasteiger partial charge on any atom is 0.124 e. The monoisotopic (exact) mass is 215 g/mol. The van der Waals surface area contributed by atoms with Gasteiger partial charge in [-0.1, -0.05) is 12.1 Å². The van der Waals surface area contributed by atoms with E-state index in [1.807, 2.05) is 6.07 Å². The number of hydrogen-bond donors (Lipinski definition) is 0. The van der Waals surface area contributed by atoms with Crippen molar-refractivity contribution in [2.45, 2.75) is 6.42 Å². The Labute approximate surface area is 92.8 Å². The second-order valence-corrected chi connectivity index (χ2v) is 3.46. The Morgan fingerprint density at radius 2 is 1.88 bits per heavy atom. The van der Waals surface area contributed by atoms with Gasteiger partial charge in [0, 0.05) is 24.4 Å². The van der Waals surface area contributed by atoms with Crippen molar-refractivity contribution in [3.05, 3.63) is 54.1 Å². The molecule has 0 radical (unpaired) electrons. The van der Waals surface area contributed by atoms with Gasteiger partial charge in [-0.15, -0.1) is 0 Å². The van der Waals surface area contributed by atoms with Gasteiger partial charge in [0.05, 0.1) is 0 Å². The molecule has 0 N–H and O–H groups in total. The Hall–Kier alpha value is -2.03. The fourth-order valence-corrected chi connectivity index (χ4v) is 1.50. The average Bonchev–Trinajstić information content (AvgIpc) is 2.31. The quantitative estimate of drug-likeness (QED) is 0.737. The molecule has 0 aliphatic rings. The van der Waals surface area contributed by atoms with Gasteiger partial charge in [-0.3, -0.25) is 4.98 Å². The number of pyridine rings is 1. The first-order valence-corrected chi connectivity index (χ1v) is 4.93. The third-order valence-corrected chi connectivity index (χ3v) is 2.29. The van der Waals surface area contributed by atoms with E-state index in [2.05, 4.69) is 4.98 Å². The average molecular weight is 215 g/mol. The predicted octanol–water partition coefficient (Wildman–Crippen LogP) is 2.63. The number of halogens is 1. The molecule has 0 unspecified atom stereocenters. The number of rotatable bonds is 3. The summed E-state index contributed by atoms with van der Waals surface area (Å²) >= 11 is 0. The SMILES string of the molecule is O=CCc1cncc(-c2ccc(F)cc2)c1. The van der Waals surface area contributed by atoms with Gasteiger partial charge < -0.3 is 4.79 Å². The summed E-state index contributed by atoms with van der Waals surface area (Å²) in [7, 11) is 0. The van der Waals surface area contributed by atoms with Crippen molar-refractivity contribution in [1.82, 2.24) is 4.98 Å². The molecule has 80 valence electrons. The molecule has 0 spiro atoms. The molecule has 0 atom stereocenters. The number of benzene rings is 1. The highest BCUT2D eigenvalue weighted by molar-refractivity contribution is 5.64. The minimum absolute atomic E-state index is 0.263. The normalized spacial score (nSPS) is 10.1. The molecule has 1 aromatic carbocycles. The van der Waals surface area contributed by atoms with Gasteiger partial charge in [0.2, 0.25) is 0 Å². The highest BCUT2D eigenvalue weighted by Crippen LogP contribution is 2.19. The molecule has 2 nitrogen and oxygen atoms in total. The first-order valence-electron chi connectivity index (χ1n) is 4.93. The summed E-state index contributed by atoms with van der Waals surface area (Å²) in [5.74, 6) is -0.263. The van der Waals surface area contributed by atoms with Crippen molar-refractivity contribution in [2.24, 2.45) is 0 Å². The number of nitrogens with zero attached hydrogens (tertiary/aromatic N) is 1. The van der Waals surface area contributed by atoms with Crippen LogP contribution in [0.4, 0.5) is 4.39 Å². The summed E-state index contributed by atoms with van der Waals surface area (Å²) < 4.78 is 12.7. The van der Waals surface area contributed by atoms with Crippen molar-refractivity contribution in [1.29, 1.82) is 0 Å². The fraction of sp³-hybridized carbons (Fsp3) is 0.0769. The number of aromatic nitrogens is 1. The van der Waals surface area contributed by atoms with Crippen LogP contribution in [0.2, 0.25) is 0 Å². The Bertz CT molecular complexity index is 494. The van der Waals surface area contributed by atoms with Crippen molar-refractivity contribution < 1.29 is 9.18 Å². The summed E-state index contributed by atoms with van der Waals surface area (Å²) in [5, 5.41) is 0. The van der Waals surface area contributed by atoms with E-state index in [0.29, 0.717) is 6.42 Å². The van der Waals surface area contributed by atoms with Gasteiger partial charge in [0.15, 0.2) is 0 Å². The van der Waals surface area contributed by atoms with Crippen LogP contribution in [0, 0.1) is 5.82 Å². The van der Waals surface area contributed by atoms with E-state index in [1.54, 1.807) is 24.5 Å². The van der Waals surface area contributed by atoms with Crippen LogP contribution in [0.15, 0.2) is 42.7 Å². The lowest BCUT2D eigenvalue weighted by Crippen LogP contribution is -1.89. The number of carbonyl (C=O) groups is 1. The van der Waals surface area contributed by atoms with E-state index in [1.165, 1.54) is 12.1 Å². The third-order valence-electron chi connectivity index (χ3n) is 2.29. The molecule has 2 aromatic rings. The van der Waals surface area contributed by atoms with Crippen LogP contribution in [-0.2, 0) is 11.2 Å². The topological polar surface area (TPSA) is 30.0 Å².